The Morgan fingerprint density at radius 2 is 2.00 bits per heavy atom. The van der Waals surface area contributed by atoms with Crippen LogP contribution in [0.15, 0.2) is 24.3 Å². The number of anilines is 1. The van der Waals surface area contributed by atoms with Crippen LogP contribution in [0.1, 0.15) is 5.56 Å². The lowest BCUT2D eigenvalue weighted by Gasteiger charge is -2.15. The van der Waals surface area contributed by atoms with Gasteiger partial charge in [-0.1, -0.05) is 18.2 Å². The average Bonchev–Trinajstić information content (AvgIpc) is 2.19. The lowest BCUT2D eigenvalue weighted by molar-refractivity contribution is -0.155. The maximum absolute atomic E-state index is 12.3. The Hall–Kier alpha value is -1.70. The molecule has 1 aromatic carbocycles. The van der Waals surface area contributed by atoms with Gasteiger partial charge in [0, 0.05) is 12.2 Å². The first kappa shape index (κ1) is 12.4. The van der Waals surface area contributed by atoms with Gasteiger partial charge in [-0.3, -0.25) is 0 Å². The fraction of sp³-hybridized carbons (Fsp3) is 0.364. The highest BCUT2D eigenvalue weighted by molar-refractivity contribution is 5.50. The van der Waals surface area contributed by atoms with E-state index in [0.29, 0.717) is 5.69 Å². The summed E-state index contributed by atoms with van der Waals surface area (Å²) in [5.74, 6) is -1.98. The van der Waals surface area contributed by atoms with Gasteiger partial charge in [0.2, 0.25) is 0 Å². The molecule has 1 aromatic rings. The highest BCUT2D eigenvalue weighted by Crippen LogP contribution is 2.26. The SMILES string of the molecule is Cc1ccccc1NCC(C#N)C(F)(F)F. The topological polar surface area (TPSA) is 35.8 Å². The molecule has 16 heavy (non-hydrogen) atoms. The van der Waals surface area contributed by atoms with Gasteiger partial charge in [-0.2, -0.15) is 18.4 Å². The summed E-state index contributed by atoms with van der Waals surface area (Å²) >= 11 is 0. The summed E-state index contributed by atoms with van der Waals surface area (Å²) in [4.78, 5) is 0. The van der Waals surface area contributed by atoms with Crippen LogP contribution in [-0.2, 0) is 0 Å². The monoisotopic (exact) mass is 228 g/mol. The summed E-state index contributed by atoms with van der Waals surface area (Å²) < 4.78 is 36.8. The van der Waals surface area contributed by atoms with Crippen molar-refractivity contribution < 1.29 is 13.2 Å². The Bertz CT molecular complexity index is 393. The Morgan fingerprint density at radius 3 is 2.50 bits per heavy atom. The highest BCUT2D eigenvalue weighted by Gasteiger charge is 2.39. The summed E-state index contributed by atoms with van der Waals surface area (Å²) in [7, 11) is 0. The molecule has 0 amide bonds. The van der Waals surface area contributed by atoms with Crippen LogP contribution >= 0.6 is 0 Å². The number of hydrogen-bond acceptors (Lipinski definition) is 2. The molecule has 0 aliphatic carbocycles. The standard InChI is InChI=1S/C11H11F3N2/c1-8-4-2-3-5-10(8)16-7-9(6-15)11(12,13)14/h2-5,9,16H,7H2,1H3. The second kappa shape index (κ2) is 4.88. The molecular formula is C11H11F3N2. The van der Waals surface area contributed by atoms with Crippen molar-refractivity contribution in [3.8, 4) is 6.07 Å². The lowest BCUT2D eigenvalue weighted by Crippen LogP contribution is -2.28. The van der Waals surface area contributed by atoms with Crippen LogP contribution in [0, 0.1) is 24.2 Å². The fourth-order valence-electron chi connectivity index (χ4n) is 1.22. The average molecular weight is 228 g/mol. The first-order valence-electron chi connectivity index (χ1n) is 4.71. The minimum Gasteiger partial charge on any atom is -0.383 e. The fourth-order valence-corrected chi connectivity index (χ4v) is 1.22. The van der Waals surface area contributed by atoms with E-state index in [9.17, 15) is 13.2 Å². The van der Waals surface area contributed by atoms with E-state index in [1.807, 2.05) is 0 Å². The van der Waals surface area contributed by atoms with E-state index in [2.05, 4.69) is 5.32 Å². The highest BCUT2D eigenvalue weighted by atomic mass is 19.4. The minimum atomic E-state index is -4.48. The van der Waals surface area contributed by atoms with Gasteiger partial charge in [0.25, 0.3) is 0 Å². The minimum absolute atomic E-state index is 0.426. The van der Waals surface area contributed by atoms with Crippen LogP contribution in [0.25, 0.3) is 0 Å². The smallest absolute Gasteiger partial charge is 0.383 e. The molecule has 0 saturated carbocycles. The zero-order valence-electron chi connectivity index (χ0n) is 8.67. The number of rotatable bonds is 3. The summed E-state index contributed by atoms with van der Waals surface area (Å²) in [5, 5.41) is 11.0. The van der Waals surface area contributed by atoms with Crippen LogP contribution < -0.4 is 5.32 Å². The number of nitrogens with one attached hydrogen (secondary N) is 1. The number of halogens is 3. The molecule has 86 valence electrons. The van der Waals surface area contributed by atoms with Crippen molar-refractivity contribution in [3.05, 3.63) is 29.8 Å². The molecular weight excluding hydrogens is 217 g/mol. The Balaban J connectivity index is 2.65. The first-order valence-corrected chi connectivity index (χ1v) is 4.71. The van der Waals surface area contributed by atoms with Crippen molar-refractivity contribution in [1.82, 2.24) is 0 Å². The van der Waals surface area contributed by atoms with E-state index >= 15 is 0 Å². The molecule has 0 aliphatic rings. The molecule has 0 aliphatic heterocycles. The van der Waals surface area contributed by atoms with Gasteiger partial charge in [-0.25, -0.2) is 0 Å². The summed E-state index contributed by atoms with van der Waals surface area (Å²) in [5.41, 5.74) is 1.47. The van der Waals surface area contributed by atoms with Gasteiger partial charge in [-0.15, -0.1) is 0 Å². The second-order valence-corrected chi connectivity index (χ2v) is 3.42. The zero-order chi connectivity index (χ0) is 12.2. The zero-order valence-corrected chi connectivity index (χ0v) is 8.67. The van der Waals surface area contributed by atoms with Crippen LogP contribution in [-0.4, -0.2) is 12.7 Å². The van der Waals surface area contributed by atoms with Crippen molar-refractivity contribution in [2.24, 2.45) is 5.92 Å². The van der Waals surface area contributed by atoms with Gasteiger partial charge >= 0.3 is 6.18 Å². The van der Waals surface area contributed by atoms with Crippen LogP contribution in [0.3, 0.4) is 0 Å². The van der Waals surface area contributed by atoms with Crippen molar-refractivity contribution in [2.75, 3.05) is 11.9 Å². The van der Waals surface area contributed by atoms with E-state index in [0.717, 1.165) is 5.56 Å². The van der Waals surface area contributed by atoms with E-state index in [-0.39, 0.29) is 0 Å². The Morgan fingerprint density at radius 1 is 1.38 bits per heavy atom. The third-order valence-corrected chi connectivity index (χ3v) is 2.19. The summed E-state index contributed by atoms with van der Waals surface area (Å²) in [6.07, 6.45) is -4.48. The van der Waals surface area contributed by atoms with Crippen molar-refractivity contribution in [2.45, 2.75) is 13.1 Å². The van der Waals surface area contributed by atoms with E-state index in [1.165, 1.54) is 6.07 Å². The second-order valence-electron chi connectivity index (χ2n) is 3.42. The molecule has 0 aromatic heterocycles. The molecule has 0 radical (unpaired) electrons. The molecule has 1 atom stereocenters. The maximum atomic E-state index is 12.3. The predicted molar refractivity (Wildman–Crippen MR) is 54.8 cm³/mol. The number of alkyl halides is 3. The maximum Gasteiger partial charge on any atom is 0.406 e. The lowest BCUT2D eigenvalue weighted by atomic mass is 10.1. The Kier molecular flexibility index (Phi) is 3.78. The van der Waals surface area contributed by atoms with Crippen molar-refractivity contribution in [3.63, 3.8) is 0 Å². The van der Waals surface area contributed by atoms with Crippen molar-refractivity contribution >= 4 is 5.69 Å². The van der Waals surface area contributed by atoms with Crippen LogP contribution in [0.2, 0.25) is 0 Å². The largest absolute Gasteiger partial charge is 0.406 e. The van der Waals surface area contributed by atoms with Gasteiger partial charge in [0.1, 0.15) is 0 Å². The van der Waals surface area contributed by atoms with Gasteiger partial charge in [0.05, 0.1) is 6.07 Å². The van der Waals surface area contributed by atoms with Gasteiger partial charge in [0.15, 0.2) is 5.92 Å². The molecule has 0 bridgehead atoms. The molecule has 1 unspecified atom stereocenters. The molecule has 0 spiro atoms. The quantitative estimate of drug-likeness (QED) is 0.862. The van der Waals surface area contributed by atoms with E-state index in [4.69, 9.17) is 5.26 Å². The third-order valence-electron chi connectivity index (χ3n) is 2.19. The normalized spacial score (nSPS) is 12.9. The van der Waals surface area contributed by atoms with Gasteiger partial charge < -0.3 is 5.32 Å². The summed E-state index contributed by atoms with van der Waals surface area (Å²) in [6.45, 7) is 1.36. The first-order chi connectivity index (χ1) is 7.45. The number of para-hydroxylation sites is 1. The molecule has 2 nitrogen and oxygen atoms in total. The number of nitriles is 1. The molecule has 1 N–H and O–H groups in total. The number of aryl methyl sites for hydroxylation is 1. The predicted octanol–water partition coefficient (Wildman–Crippen LogP) is 3.11. The van der Waals surface area contributed by atoms with Gasteiger partial charge in [-0.05, 0) is 18.6 Å². The molecule has 0 heterocycles. The van der Waals surface area contributed by atoms with E-state index in [1.54, 1.807) is 31.2 Å². The molecule has 5 heteroatoms. The molecule has 0 fully saturated rings. The number of benzene rings is 1. The van der Waals surface area contributed by atoms with Crippen LogP contribution in [0.4, 0.5) is 18.9 Å². The summed E-state index contributed by atoms with van der Waals surface area (Å²) in [6, 6.07) is 8.24. The number of hydrogen-bond donors (Lipinski definition) is 1. The number of nitrogens with zero attached hydrogens (tertiary/aromatic N) is 1. The van der Waals surface area contributed by atoms with Crippen molar-refractivity contribution in [1.29, 1.82) is 5.26 Å². The molecule has 0 saturated heterocycles. The van der Waals surface area contributed by atoms with E-state index < -0.39 is 18.6 Å². The van der Waals surface area contributed by atoms with Crippen LogP contribution in [0.5, 0.6) is 0 Å². The third kappa shape index (κ3) is 3.16. The molecule has 1 rings (SSSR count). The Labute approximate surface area is 91.7 Å².